The van der Waals surface area contributed by atoms with Crippen LogP contribution < -0.4 is 10.5 Å². The Hall–Kier alpha value is -2.08. The van der Waals surface area contributed by atoms with Crippen molar-refractivity contribution < 1.29 is 14.3 Å². The highest BCUT2D eigenvalue weighted by molar-refractivity contribution is 5.81. The number of nitrogens with two attached hydrogens (primary N) is 1. The van der Waals surface area contributed by atoms with Gasteiger partial charge in [-0.25, -0.2) is 0 Å². The molecule has 1 heterocycles. The van der Waals surface area contributed by atoms with Gasteiger partial charge < -0.3 is 20.3 Å². The predicted molar refractivity (Wildman–Crippen MR) is 99.7 cm³/mol. The van der Waals surface area contributed by atoms with E-state index in [1.165, 1.54) is 0 Å². The Morgan fingerprint density at radius 2 is 1.88 bits per heavy atom. The van der Waals surface area contributed by atoms with E-state index in [1.54, 1.807) is 7.11 Å². The van der Waals surface area contributed by atoms with Crippen molar-refractivity contribution in [2.45, 2.75) is 25.7 Å². The van der Waals surface area contributed by atoms with Crippen molar-refractivity contribution >= 4 is 11.8 Å². The van der Waals surface area contributed by atoms with E-state index >= 15 is 0 Å². The minimum absolute atomic E-state index is 0.0824. The molecule has 2 N–H and O–H groups in total. The number of amides is 2. The van der Waals surface area contributed by atoms with Crippen molar-refractivity contribution in [3.63, 3.8) is 0 Å². The molecule has 6 heteroatoms. The third-order valence-electron chi connectivity index (χ3n) is 5.71. The summed E-state index contributed by atoms with van der Waals surface area (Å²) < 4.78 is 5.21. The Bertz CT molecular complexity index is 641. The molecule has 142 valence electrons. The van der Waals surface area contributed by atoms with Crippen LogP contribution in [0, 0.1) is 11.8 Å². The van der Waals surface area contributed by atoms with Gasteiger partial charge in [-0.05, 0) is 43.0 Å². The van der Waals surface area contributed by atoms with Crippen LogP contribution >= 0.6 is 0 Å². The first-order valence-corrected chi connectivity index (χ1v) is 9.52. The Morgan fingerprint density at radius 3 is 2.58 bits per heavy atom. The molecule has 2 amide bonds. The number of benzene rings is 1. The number of methoxy groups -OCH3 is 1. The molecule has 1 saturated heterocycles. The maximum atomic E-state index is 12.8. The lowest BCUT2D eigenvalue weighted by Gasteiger charge is -2.36. The van der Waals surface area contributed by atoms with Crippen LogP contribution in [0.4, 0.5) is 0 Å². The zero-order valence-corrected chi connectivity index (χ0v) is 15.5. The fourth-order valence-electron chi connectivity index (χ4n) is 4.12. The minimum atomic E-state index is 0.0824. The van der Waals surface area contributed by atoms with Gasteiger partial charge in [-0.2, -0.15) is 0 Å². The van der Waals surface area contributed by atoms with E-state index in [0.717, 1.165) is 30.6 Å². The van der Waals surface area contributed by atoms with Gasteiger partial charge in [0.15, 0.2) is 0 Å². The minimum Gasteiger partial charge on any atom is -0.497 e. The van der Waals surface area contributed by atoms with E-state index in [0.29, 0.717) is 45.1 Å². The first kappa shape index (κ1) is 18.7. The van der Waals surface area contributed by atoms with Gasteiger partial charge in [-0.1, -0.05) is 18.6 Å². The predicted octanol–water partition coefficient (Wildman–Crippen LogP) is 1.28. The molecule has 26 heavy (non-hydrogen) atoms. The first-order chi connectivity index (χ1) is 12.6. The normalized spacial score (nSPS) is 23.2. The molecular weight excluding hydrogens is 330 g/mol. The molecular formula is C20H29N3O3. The third kappa shape index (κ3) is 4.18. The van der Waals surface area contributed by atoms with Crippen molar-refractivity contribution in [3.05, 3.63) is 29.8 Å². The summed E-state index contributed by atoms with van der Waals surface area (Å²) in [6, 6.07) is 7.60. The molecule has 0 unspecified atom stereocenters. The van der Waals surface area contributed by atoms with E-state index < -0.39 is 0 Å². The summed E-state index contributed by atoms with van der Waals surface area (Å²) in [5.41, 5.74) is 6.76. The highest BCUT2D eigenvalue weighted by atomic mass is 16.5. The van der Waals surface area contributed by atoms with Crippen molar-refractivity contribution in [1.29, 1.82) is 0 Å². The molecule has 0 aromatic heterocycles. The lowest BCUT2D eigenvalue weighted by Crippen LogP contribution is -2.52. The van der Waals surface area contributed by atoms with Crippen LogP contribution in [0.1, 0.15) is 24.8 Å². The average Bonchev–Trinajstić information content (AvgIpc) is 3.16. The summed E-state index contributed by atoms with van der Waals surface area (Å²) in [6.45, 7) is 3.05. The number of ether oxygens (including phenoxy) is 1. The van der Waals surface area contributed by atoms with Gasteiger partial charge in [0.2, 0.25) is 11.8 Å². The number of carbonyl (C=O) groups is 2. The summed E-state index contributed by atoms with van der Waals surface area (Å²) in [5, 5.41) is 0. The van der Waals surface area contributed by atoms with Crippen molar-refractivity contribution in [2.75, 3.05) is 39.8 Å². The summed E-state index contributed by atoms with van der Waals surface area (Å²) in [5.74, 6) is 1.51. The topological polar surface area (TPSA) is 75.9 Å². The molecule has 2 aliphatic rings. The van der Waals surface area contributed by atoms with Gasteiger partial charge in [0.25, 0.3) is 0 Å². The van der Waals surface area contributed by atoms with E-state index in [1.807, 2.05) is 34.1 Å². The Labute approximate surface area is 155 Å². The zero-order chi connectivity index (χ0) is 18.5. The molecule has 1 aromatic carbocycles. The van der Waals surface area contributed by atoms with Crippen LogP contribution in [0.5, 0.6) is 5.75 Å². The number of hydrogen-bond donors (Lipinski definition) is 1. The van der Waals surface area contributed by atoms with E-state index in [4.69, 9.17) is 10.5 Å². The highest BCUT2D eigenvalue weighted by Gasteiger charge is 2.36. The number of nitrogens with zero attached hydrogens (tertiary/aromatic N) is 2. The second kappa shape index (κ2) is 8.54. The van der Waals surface area contributed by atoms with Crippen LogP contribution in [0.2, 0.25) is 0 Å². The Kier molecular flexibility index (Phi) is 6.14. The zero-order valence-electron chi connectivity index (χ0n) is 15.5. The third-order valence-corrected chi connectivity index (χ3v) is 5.71. The monoisotopic (exact) mass is 359 g/mol. The molecule has 3 rings (SSSR count). The summed E-state index contributed by atoms with van der Waals surface area (Å²) in [6.07, 6.45) is 3.47. The van der Waals surface area contributed by atoms with Crippen LogP contribution in [0.15, 0.2) is 24.3 Å². The quantitative estimate of drug-likeness (QED) is 0.859. The molecule has 1 aromatic rings. The van der Waals surface area contributed by atoms with Crippen LogP contribution in [0.25, 0.3) is 0 Å². The Morgan fingerprint density at radius 1 is 1.15 bits per heavy atom. The highest BCUT2D eigenvalue weighted by Crippen LogP contribution is 2.32. The van der Waals surface area contributed by atoms with Gasteiger partial charge in [0, 0.05) is 32.1 Å². The molecule has 2 atom stereocenters. The summed E-state index contributed by atoms with van der Waals surface area (Å²) in [4.78, 5) is 29.1. The number of piperazine rings is 1. The summed E-state index contributed by atoms with van der Waals surface area (Å²) in [7, 11) is 1.62. The average molecular weight is 359 g/mol. The molecule has 1 aliphatic carbocycles. The number of hydrogen-bond acceptors (Lipinski definition) is 4. The van der Waals surface area contributed by atoms with Gasteiger partial charge >= 0.3 is 0 Å². The smallest absolute Gasteiger partial charge is 0.227 e. The molecule has 0 radical (unpaired) electrons. The molecule has 6 nitrogen and oxygen atoms in total. The van der Waals surface area contributed by atoms with Crippen LogP contribution in [0.3, 0.4) is 0 Å². The molecule has 0 spiro atoms. The number of carbonyl (C=O) groups excluding carboxylic acids is 2. The van der Waals surface area contributed by atoms with E-state index in [2.05, 4.69) is 0 Å². The van der Waals surface area contributed by atoms with Gasteiger partial charge in [-0.3, -0.25) is 9.59 Å². The SMILES string of the molecule is COc1cccc(CC(=O)N2CCN(C(=O)[C@@H]3CCC[C@@H]3CN)CC2)c1. The second-order valence-electron chi connectivity index (χ2n) is 7.27. The van der Waals surface area contributed by atoms with Gasteiger partial charge in [-0.15, -0.1) is 0 Å². The largest absolute Gasteiger partial charge is 0.497 e. The van der Waals surface area contributed by atoms with Crippen LogP contribution in [-0.2, 0) is 16.0 Å². The summed E-state index contributed by atoms with van der Waals surface area (Å²) >= 11 is 0. The van der Waals surface area contributed by atoms with Gasteiger partial charge in [0.05, 0.1) is 13.5 Å². The molecule has 0 bridgehead atoms. The van der Waals surface area contributed by atoms with Crippen molar-refractivity contribution in [3.8, 4) is 5.75 Å². The Balaban J connectivity index is 1.51. The second-order valence-corrected chi connectivity index (χ2v) is 7.27. The molecule has 2 fully saturated rings. The fraction of sp³-hybridized carbons (Fsp3) is 0.600. The maximum absolute atomic E-state index is 12.8. The maximum Gasteiger partial charge on any atom is 0.227 e. The fourth-order valence-corrected chi connectivity index (χ4v) is 4.12. The first-order valence-electron chi connectivity index (χ1n) is 9.52. The molecule has 1 aliphatic heterocycles. The van der Waals surface area contributed by atoms with Crippen molar-refractivity contribution in [1.82, 2.24) is 9.80 Å². The van der Waals surface area contributed by atoms with E-state index in [-0.39, 0.29) is 17.7 Å². The molecule has 1 saturated carbocycles. The van der Waals surface area contributed by atoms with Crippen LogP contribution in [-0.4, -0.2) is 61.4 Å². The standard InChI is InChI=1S/C20H29N3O3/c1-26-17-6-2-4-15(12-17)13-19(24)22-8-10-23(11-9-22)20(25)18-7-3-5-16(18)14-21/h2,4,6,12,16,18H,3,5,7-11,13-14,21H2,1H3/t16-,18-/m1/s1. The number of rotatable bonds is 5. The lowest BCUT2D eigenvalue weighted by molar-refractivity contribution is -0.142. The van der Waals surface area contributed by atoms with Gasteiger partial charge in [0.1, 0.15) is 5.75 Å². The van der Waals surface area contributed by atoms with E-state index in [9.17, 15) is 9.59 Å². The lowest BCUT2D eigenvalue weighted by atomic mass is 9.94. The van der Waals surface area contributed by atoms with Crippen molar-refractivity contribution in [2.24, 2.45) is 17.6 Å².